The van der Waals surface area contributed by atoms with Crippen molar-refractivity contribution in [2.45, 2.75) is 30.7 Å². The van der Waals surface area contributed by atoms with E-state index in [1.165, 1.54) is 0 Å². The predicted octanol–water partition coefficient (Wildman–Crippen LogP) is 2.61. The highest BCUT2D eigenvalue weighted by Gasteiger charge is 2.23. The minimum Gasteiger partial charge on any atom is -0.378 e. The Morgan fingerprint density at radius 2 is 2.30 bits per heavy atom. The van der Waals surface area contributed by atoms with Crippen LogP contribution >= 0.6 is 23.2 Å². The summed E-state index contributed by atoms with van der Waals surface area (Å²) in [5, 5.41) is 0. The average molecular weight is 183 g/mol. The number of hydrogen-bond acceptors (Lipinski definition) is 1. The van der Waals surface area contributed by atoms with Gasteiger partial charge in [-0.3, -0.25) is 0 Å². The van der Waals surface area contributed by atoms with E-state index < -0.39 is 0 Å². The first-order chi connectivity index (χ1) is 4.68. The lowest BCUT2D eigenvalue weighted by atomic mass is 10.1. The average Bonchev–Trinajstić information content (AvgIpc) is 2.13. The lowest BCUT2D eigenvalue weighted by Crippen LogP contribution is -2.08. The molecule has 0 aromatic heterocycles. The minimum atomic E-state index is -0.268. The van der Waals surface area contributed by atoms with E-state index >= 15 is 0 Å². The highest BCUT2D eigenvalue weighted by atomic mass is 35.5. The van der Waals surface area contributed by atoms with Crippen LogP contribution in [0.2, 0.25) is 0 Å². The second-order valence-electron chi connectivity index (χ2n) is 2.92. The van der Waals surface area contributed by atoms with Crippen LogP contribution in [0.25, 0.3) is 0 Å². The second-order valence-corrected chi connectivity index (χ2v) is 4.20. The molecule has 1 aliphatic rings. The van der Waals surface area contributed by atoms with Crippen molar-refractivity contribution >= 4 is 23.2 Å². The van der Waals surface area contributed by atoms with Gasteiger partial charge in [-0.2, -0.15) is 0 Å². The van der Waals surface area contributed by atoms with Gasteiger partial charge >= 0.3 is 0 Å². The topological polar surface area (TPSA) is 9.23 Å². The van der Waals surface area contributed by atoms with Crippen LogP contribution in [0.15, 0.2) is 0 Å². The normalized spacial score (nSPS) is 33.6. The van der Waals surface area contributed by atoms with Gasteiger partial charge < -0.3 is 4.74 Å². The van der Waals surface area contributed by atoms with E-state index in [1.54, 1.807) is 0 Å². The number of alkyl halides is 2. The molecular weight excluding hydrogens is 171 g/mol. The van der Waals surface area contributed by atoms with Crippen molar-refractivity contribution in [3.05, 3.63) is 0 Å². The van der Waals surface area contributed by atoms with Gasteiger partial charge in [0.15, 0.2) is 0 Å². The molecule has 1 saturated heterocycles. The molecule has 0 N–H and O–H groups in total. The highest BCUT2D eigenvalue weighted by Crippen LogP contribution is 2.24. The number of halogens is 2. The van der Waals surface area contributed by atoms with Gasteiger partial charge in [-0.1, -0.05) is 6.92 Å². The van der Waals surface area contributed by atoms with Gasteiger partial charge in [-0.05, 0) is 12.3 Å². The van der Waals surface area contributed by atoms with Crippen LogP contribution in [0, 0.1) is 5.92 Å². The van der Waals surface area contributed by atoms with Crippen LogP contribution in [-0.4, -0.2) is 17.5 Å². The van der Waals surface area contributed by atoms with Crippen molar-refractivity contribution in [2.24, 2.45) is 5.92 Å². The molecule has 0 aliphatic carbocycles. The predicted molar refractivity (Wildman–Crippen MR) is 43.6 cm³/mol. The van der Waals surface area contributed by atoms with Gasteiger partial charge in [-0.25, -0.2) is 0 Å². The molecule has 1 rings (SSSR count). The standard InChI is InChI=1S/C7H12Cl2O/c1-5-2-6(10-4-5)3-7(8)9/h5-7H,2-4H2,1H3. The molecule has 1 fully saturated rings. The van der Waals surface area contributed by atoms with Crippen molar-refractivity contribution in [2.75, 3.05) is 6.61 Å². The third-order valence-corrected chi connectivity index (χ3v) is 2.08. The lowest BCUT2D eigenvalue weighted by Gasteiger charge is -2.08. The zero-order valence-corrected chi connectivity index (χ0v) is 7.53. The third kappa shape index (κ3) is 2.65. The van der Waals surface area contributed by atoms with E-state index in [4.69, 9.17) is 27.9 Å². The van der Waals surface area contributed by atoms with Crippen molar-refractivity contribution < 1.29 is 4.74 Å². The molecule has 0 spiro atoms. The maximum Gasteiger partial charge on any atom is 0.110 e. The van der Waals surface area contributed by atoms with E-state index in [1.807, 2.05) is 0 Å². The first-order valence-electron chi connectivity index (χ1n) is 3.58. The zero-order valence-electron chi connectivity index (χ0n) is 6.02. The summed E-state index contributed by atoms with van der Waals surface area (Å²) in [6, 6.07) is 0. The monoisotopic (exact) mass is 182 g/mol. The molecule has 0 aromatic carbocycles. The lowest BCUT2D eigenvalue weighted by molar-refractivity contribution is 0.104. The molecular formula is C7H12Cl2O. The van der Waals surface area contributed by atoms with Crippen molar-refractivity contribution in [1.29, 1.82) is 0 Å². The zero-order chi connectivity index (χ0) is 7.56. The summed E-state index contributed by atoms with van der Waals surface area (Å²) in [4.78, 5) is -0.268. The Labute approximate surface area is 71.6 Å². The highest BCUT2D eigenvalue weighted by molar-refractivity contribution is 6.44. The van der Waals surface area contributed by atoms with Crippen LogP contribution in [0.3, 0.4) is 0 Å². The summed E-state index contributed by atoms with van der Waals surface area (Å²) in [6.45, 7) is 3.04. The quantitative estimate of drug-likeness (QED) is 0.598. The van der Waals surface area contributed by atoms with Crippen LogP contribution in [0.1, 0.15) is 19.8 Å². The minimum absolute atomic E-state index is 0.268. The summed E-state index contributed by atoms with van der Waals surface area (Å²) >= 11 is 11.2. The number of ether oxygens (including phenoxy) is 1. The Balaban J connectivity index is 2.18. The first-order valence-corrected chi connectivity index (χ1v) is 4.45. The summed E-state index contributed by atoms with van der Waals surface area (Å²) in [6.07, 6.45) is 2.18. The van der Waals surface area contributed by atoms with Crippen LogP contribution in [-0.2, 0) is 4.74 Å². The number of hydrogen-bond donors (Lipinski definition) is 0. The third-order valence-electron chi connectivity index (χ3n) is 1.72. The molecule has 0 aromatic rings. The van der Waals surface area contributed by atoms with E-state index in [9.17, 15) is 0 Å². The molecule has 3 heteroatoms. The van der Waals surface area contributed by atoms with Crippen LogP contribution < -0.4 is 0 Å². The Bertz CT molecular complexity index is 106. The molecule has 0 saturated carbocycles. The Morgan fingerprint density at radius 3 is 2.70 bits per heavy atom. The molecule has 1 heterocycles. The second kappa shape index (κ2) is 3.80. The maximum atomic E-state index is 5.59. The largest absolute Gasteiger partial charge is 0.378 e. The number of rotatable bonds is 2. The first kappa shape index (κ1) is 8.63. The molecule has 0 radical (unpaired) electrons. The summed E-state index contributed by atoms with van der Waals surface area (Å²) in [5.74, 6) is 0.678. The van der Waals surface area contributed by atoms with Gasteiger partial charge in [0.05, 0.1) is 6.10 Å². The fraction of sp³-hybridized carbons (Fsp3) is 1.00. The fourth-order valence-corrected chi connectivity index (χ4v) is 1.65. The van der Waals surface area contributed by atoms with Gasteiger partial charge in [0, 0.05) is 13.0 Å². The van der Waals surface area contributed by atoms with E-state index in [-0.39, 0.29) is 4.84 Å². The molecule has 1 aliphatic heterocycles. The van der Waals surface area contributed by atoms with Crippen molar-refractivity contribution in [3.63, 3.8) is 0 Å². The summed E-state index contributed by atoms with van der Waals surface area (Å²) in [7, 11) is 0. The van der Waals surface area contributed by atoms with Crippen molar-refractivity contribution in [3.8, 4) is 0 Å². The summed E-state index contributed by atoms with van der Waals surface area (Å²) in [5.41, 5.74) is 0. The molecule has 60 valence electrons. The maximum absolute atomic E-state index is 5.59. The SMILES string of the molecule is CC1COC(CC(Cl)Cl)C1. The van der Waals surface area contributed by atoms with Crippen molar-refractivity contribution in [1.82, 2.24) is 0 Å². The Morgan fingerprint density at radius 1 is 1.60 bits per heavy atom. The summed E-state index contributed by atoms with van der Waals surface area (Å²) < 4.78 is 5.41. The van der Waals surface area contributed by atoms with Crippen LogP contribution in [0.4, 0.5) is 0 Å². The van der Waals surface area contributed by atoms with Crippen LogP contribution in [0.5, 0.6) is 0 Å². The molecule has 0 bridgehead atoms. The molecule has 2 atom stereocenters. The molecule has 10 heavy (non-hydrogen) atoms. The molecule has 2 unspecified atom stereocenters. The van der Waals surface area contributed by atoms with Gasteiger partial charge in [0.2, 0.25) is 0 Å². The fourth-order valence-electron chi connectivity index (χ4n) is 1.25. The van der Waals surface area contributed by atoms with Gasteiger partial charge in [0.25, 0.3) is 0 Å². The van der Waals surface area contributed by atoms with Gasteiger partial charge in [-0.15, -0.1) is 23.2 Å². The van der Waals surface area contributed by atoms with Gasteiger partial charge in [0.1, 0.15) is 4.84 Å². The Hall–Kier alpha value is 0.540. The molecule has 1 nitrogen and oxygen atoms in total. The smallest absolute Gasteiger partial charge is 0.110 e. The van der Waals surface area contributed by atoms with E-state index in [2.05, 4.69) is 6.92 Å². The van der Waals surface area contributed by atoms with E-state index in [0.29, 0.717) is 12.0 Å². The molecule has 0 amide bonds. The van der Waals surface area contributed by atoms with E-state index in [0.717, 1.165) is 19.4 Å². The Kier molecular flexibility index (Phi) is 3.28.